The van der Waals surface area contributed by atoms with Crippen molar-refractivity contribution in [2.45, 2.75) is 164 Å². The Morgan fingerprint density at radius 1 is 0.562 bits per heavy atom. The maximum absolute atomic E-state index is 12.0. The zero-order chi connectivity index (χ0) is 35.6. The van der Waals surface area contributed by atoms with Crippen LogP contribution in [0.25, 0.3) is 0 Å². The zero-order valence-electron chi connectivity index (χ0n) is 27.3. The Balaban J connectivity index is 1.57. The molecule has 0 aromatic rings. The average Bonchev–Trinajstić information content (AvgIpc) is 3.04. The third kappa shape index (κ3) is 8.45. The topological polar surface area (TPSA) is 282 Å². The maximum atomic E-state index is 12.0. The molecule has 0 bridgehead atoms. The fourth-order valence-corrected chi connectivity index (χ4v) is 6.00. The Morgan fingerprint density at radius 2 is 1.08 bits per heavy atom. The molecule has 4 aliphatic rings. The van der Waals surface area contributed by atoms with Crippen LogP contribution >= 0.6 is 0 Å². The first-order chi connectivity index (χ1) is 22.6. The second kappa shape index (κ2) is 16.9. The Labute approximate surface area is 276 Å². The van der Waals surface area contributed by atoms with Gasteiger partial charge in [0.15, 0.2) is 31.3 Å². The lowest BCUT2D eigenvalue weighted by Gasteiger charge is -2.49. The van der Waals surface area contributed by atoms with E-state index in [1.165, 1.54) is 13.8 Å². The summed E-state index contributed by atoms with van der Waals surface area (Å²) >= 11 is 0. The summed E-state index contributed by atoms with van der Waals surface area (Å²) in [6.45, 7) is 6.84. The van der Waals surface area contributed by atoms with E-state index in [4.69, 9.17) is 42.6 Å². The van der Waals surface area contributed by atoms with E-state index in [0.29, 0.717) is 6.42 Å². The van der Waals surface area contributed by atoms with Gasteiger partial charge in [-0.05, 0) is 27.2 Å². The molecule has 48 heavy (non-hydrogen) atoms. The molecular weight excluding hydrogens is 652 g/mol. The van der Waals surface area contributed by atoms with Crippen molar-refractivity contribution in [2.24, 2.45) is 0 Å². The number of ether oxygens (including phenoxy) is 9. The fourth-order valence-electron chi connectivity index (χ4n) is 6.00. The van der Waals surface area contributed by atoms with Gasteiger partial charge in [0.05, 0.1) is 24.9 Å². The Morgan fingerprint density at radius 3 is 1.69 bits per heavy atom. The summed E-state index contributed by atoms with van der Waals surface area (Å²) in [5.41, 5.74) is 0. The summed E-state index contributed by atoms with van der Waals surface area (Å²) < 4.78 is 51.4. The molecule has 4 aliphatic heterocycles. The lowest BCUT2D eigenvalue weighted by Crippen LogP contribution is -2.67. The van der Waals surface area contributed by atoms with Crippen molar-refractivity contribution in [3.8, 4) is 0 Å². The first kappa shape index (κ1) is 39.6. The van der Waals surface area contributed by atoms with Crippen LogP contribution in [-0.4, -0.2) is 188 Å². The minimum Gasteiger partial charge on any atom is -0.454 e. The molecule has 0 spiro atoms. The van der Waals surface area contributed by atoms with Crippen LogP contribution in [0.3, 0.4) is 0 Å². The second-order valence-electron chi connectivity index (χ2n) is 12.5. The number of carbonyl (C=O) groups excluding carboxylic acids is 1. The van der Waals surface area contributed by atoms with Gasteiger partial charge in [0, 0.05) is 13.5 Å². The Kier molecular flexibility index (Phi) is 13.9. The van der Waals surface area contributed by atoms with Crippen LogP contribution in [0.15, 0.2) is 0 Å². The van der Waals surface area contributed by atoms with Gasteiger partial charge in [-0.25, -0.2) is 0 Å². The van der Waals surface area contributed by atoms with Crippen LogP contribution in [0.4, 0.5) is 0 Å². The van der Waals surface area contributed by atoms with E-state index in [-0.39, 0.29) is 6.61 Å². The molecule has 9 N–H and O–H groups in total. The SMILES string of the molecule is CCCO[C@@H]1OC(C)[C@H](O)[C@H](O[C@@H]2OC(C)[C@H](O)[C@H](O)C2O[C@@H]2OC(C)[C@H](O)[C@H](O[C@H]3O[C@@H](CO)[C@@H](O)C(O)C3O)C2O)C1OC(C)=O. The summed E-state index contributed by atoms with van der Waals surface area (Å²) in [7, 11) is 0. The van der Waals surface area contributed by atoms with Crippen LogP contribution in [-0.2, 0) is 47.4 Å². The first-order valence-electron chi connectivity index (χ1n) is 16.0. The number of hydrogen-bond donors (Lipinski definition) is 9. The van der Waals surface area contributed by atoms with Gasteiger partial charge in [0.2, 0.25) is 0 Å². The van der Waals surface area contributed by atoms with Gasteiger partial charge in [0.1, 0.15) is 73.2 Å². The number of aliphatic hydroxyl groups is 9. The summed E-state index contributed by atoms with van der Waals surface area (Å²) in [5.74, 6) is -0.734. The van der Waals surface area contributed by atoms with Gasteiger partial charge in [-0.1, -0.05) is 6.92 Å². The van der Waals surface area contributed by atoms with E-state index in [1.807, 2.05) is 6.92 Å². The number of esters is 1. The molecule has 0 amide bonds. The smallest absolute Gasteiger partial charge is 0.303 e. The molecule has 0 aromatic carbocycles. The average molecular weight is 703 g/mol. The third-order valence-corrected chi connectivity index (χ3v) is 8.84. The van der Waals surface area contributed by atoms with E-state index >= 15 is 0 Å². The molecule has 0 aromatic heterocycles. The Bertz CT molecular complexity index is 1020. The molecule has 8 unspecified atom stereocenters. The highest BCUT2D eigenvalue weighted by atomic mass is 16.8. The zero-order valence-corrected chi connectivity index (χ0v) is 27.3. The quantitative estimate of drug-likeness (QED) is 0.0915. The van der Waals surface area contributed by atoms with Gasteiger partial charge in [-0.3, -0.25) is 4.79 Å². The lowest BCUT2D eigenvalue weighted by atomic mass is 9.96. The molecule has 4 fully saturated rings. The van der Waals surface area contributed by atoms with E-state index in [2.05, 4.69) is 0 Å². The molecule has 19 heteroatoms. The number of carbonyl (C=O) groups is 1. The van der Waals surface area contributed by atoms with Crippen molar-refractivity contribution < 1.29 is 93.4 Å². The third-order valence-electron chi connectivity index (χ3n) is 8.84. The minimum atomic E-state index is -1.89. The largest absolute Gasteiger partial charge is 0.454 e. The van der Waals surface area contributed by atoms with Crippen molar-refractivity contribution in [3.05, 3.63) is 0 Å². The standard InChI is InChI=1S/C29H50O19/c1-6-7-40-28-25(44-12(5)31)23(16(34)11(4)42-28)47-29-24(19(37)14(32)9(2)43-29)48-27-21(39)22(15(33)10(3)41-27)46-26-20(38)18(36)17(35)13(8-30)45-26/h9-11,13-30,32-39H,6-8H2,1-5H3/t9?,10?,11?,13-,14-,15-,16-,17+,18?,19-,20?,21?,22-,23-,24?,25?,26+,27-,28+,29-/m0/s1. The van der Waals surface area contributed by atoms with Crippen LogP contribution in [0.5, 0.6) is 0 Å². The molecule has 0 radical (unpaired) electrons. The minimum absolute atomic E-state index is 0.221. The van der Waals surface area contributed by atoms with Gasteiger partial charge >= 0.3 is 5.97 Å². The monoisotopic (exact) mass is 702 g/mol. The van der Waals surface area contributed by atoms with Crippen molar-refractivity contribution in [3.63, 3.8) is 0 Å². The first-order valence-corrected chi connectivity index (χ1v) is 16.0. The molecule has 20 atom stereocenters. The van der Waals surface area contributed by atoms with Crippen molar-refractivity contribution in [1.82, 2.24) is 0 Å². The van der Waals surface area contributed by atoms with Crippen LogP contribution in [0, 0.1) is 0 Å². The van der Waals surface area contributed by atoms with Gasteiger partial charge in [-0.2, -0.15) is 0 Å². The van der Waals surface area contributed by atoms with Crippen LogP contribution in [0.1, 0.15) is 41.0 Å². The van der Waals surface area contributed by atoms with Gasteiger partial charge < -0.3 is 88.6 Å². The lowest BCUT2D eigenvalue weighted by molar-refractivity contribution is -0.393. The second-order valence-corrected chi connectivity index (χ2v) is 12.5. The molecule has 4 rings (SSSR count). The Hall–Kier alpha value is -1.21. The van der Waals surface area contributed by atoms with Crippen molar-refractivity contribution >= 4 is 5.97 Å². The summed E-state index contributed by atoms with van der Waals surface area (Å²) in [6.07, 6.45) is -29.5. The van der Waals surface area contributed by atoms with Crippen molar-refractivity contribution in [1.29, 1.82) is 0 Å². The summed E-state index contributed by atoms with van der Waals surface area (Å²) in [5, 5.41) is 95.2. The molecule has 280 valence electrons. The van der Waals surface area contributed by atoms with Crippen LogP contribution in [0.2, 0.25) is 0 Å². The van der Waals surface area contributed by atoms with Gasteiger partial charge in [-0.15, -0.1) is 0 Å². The molecule has 0 saturated carbocycles. The van der Waals surface area contributed by atoms with Gasteiger partial charge in [0.25, 0.3) is 0 Å². The van der Waals surface area contributed by atoms with E-state index in [9.17, 15) is 50.8 Å². The summed E-state index contributed by atoms with van der Waals surface area (Å²) in [4.78, 5) is 12.0. The highest BCUT2D eigenvalue weighted by Gasteiger charge is 2.55. The summed E-state index contributed by atoms with van der Waals surface area (Å²) in [6, 6.07) is 0. The highest BCUT2D eigenvalue weighted by molar-refractivity contribution is 5.66. The van der Waals surface area contributed by atoms with Crippen molar-refractivity contribution in [2.75, 3.05) is 13.2 Å². The number of hydrogen-bond acceptors (Lipinski definition) is 19. The highest BCUT2D eigenvalue weighted by Crippen LogP contribution is 2.35. The molecule has 4 saturated heterocycles. The molecule has 0 aliphatic carbocycles. The number of rotatable bonds is 11. The van der Waals surface area contributed by atoms with E-state index < -0.39 is 135 Å². The molecular formula is C29H50O19. The normalized spacial score (nSPS) is 50.2. The predicted octanol–water partition coefficient (Wildman–Crippen LogP) is -4.66. The maximum Gasteiger partial charge on any atom is 0.303 e. The van der Waals surface area contributed by atoms with Crippen LogP contribution < -0.4 is 0 Å². The van der Waals surface area contributed by atoms with E-state index in [1.54, 1.807) is 6.92 Å². The van der Waals surface area contributed by atoms with E-state index in [0.717, 1.165) is 6.92 Å². The fraction of sp³-hybridized carbons (Fsp3) is 0.966. The number of aliphatic hydroxyl groups excluding tert-OH is 9. The molecule has 4 heterocycles. The molecule has 19 nitrogen and oxygen atoms in total. The predicted molar refractivity (Wildman–Crippen MR) is 153 cm³/mol.